The number of methoxy groups -OCH3 is 1. The van der Waals surface area contributed by atoms with Crippen LogP contribution in [0.25, 0.3) is 0 Å². The van der Waals surface area contributed by atoms with E-state index in [0.717, 1.165) is 11.6 Å². The number of ether oxygens (including phenoxy) is 3. The maximum absolute atomic E-state index is 12.1. The van der Waals surface area contributed by atoms with E-state index < -0.39 is 23.9 Å². The first-order chi connectivity index (χ1) is 13.0. The van der Waals surface area contributed by atoms with Crippen molar-refractivity contribution in [2.24, 2.45) is 0 Å². The van der Waals surface area contributed by atoms with Crippen molar-refractivity contribution < 1.29 is 28.6 Å². The molecule has 1 rings (SSSR count). The summed E-state index contributed by atoms with van der Waals surface area (Å²) < 4.78 is 14.6. The monoisotopic (exact) mass is 375 g/mol. The van der Waals surface area contributed by atoms with Gasteiger partial charge in [0.1, 0.15) is 6.04 Å². The predicted molar refractivity (Wildman–Crippen MR) is 99.6 cm³/mol. The summed E-state index contributed by atoms with van der Waals surface area (Å²) in [6.07, 6.45) is 4.10. The third-order valence-electron chi connectivity index (χ3n) is 3.41. The zero-order valence-corrected chi connectivity index (χ0v) is 15.8. The average Bonchev–Trinajstić information content (AvgIpc) is 2.67. The minimum Gasteiger partial charge on any atom is -0.467 e. The molecule has 0 saturated carbocycles. The predicted octanol–water partition coefficient (Wildman–Crippen LogP) is 1.93. The molecule has 7 heteroatoms. The number of carbonyl (C=O) groups excluding carboxylic acids is 3. The van der Waals surface area contributed by atoms with Crippen molar-refractivity contribution in [2.75, 3.05) is 20.3 Å². The molecule has 0 aliphatic carbocycles. The minimum absolute atomic E-state index is 0.0758. The smallest absolute Gasteiger partial charge is 0.339 e. The molecule has 1 aromatic rings. The fraction of sp³-hybridized carbons (Fsp3) is 0.350. The van der Waals surface area contributed by atoms with Gasteiger partial charge in [-0.05, 0) is 25.5 Å². The Kier molecular flexibility index (Phi) is 10.00. The number of carbonyl (C=O) groups is 3. The molecule has 0 aromatic heterocycles. The van der Waals surface area contributed by atoms with E-state index in [1.54, 1.807) is 13.8 Å². The lowest BCUT2D eigenvalue weighted by Gasteiger charge is -2.16. The van der Waals surface area contributed by atoms with Crippen LogP contribution in [-0.4, -0.2) is 44.3 Å². The van der Waals surface area contributed by atoms with Crippen LogP contribution in [0.3, 0.4) is 0 Å². The Balaban J connectivity index is 2.97. The van der Waals surface area contributed by atoms with Gasteiger partial charge >= 0.3 is 17.9 Å². The van der Waals surface area contributed by atoms with E-state index in [2.05, 4.69) is 5.32 Å². The van der Waals surface area contributed by atoms with E-state index in [4.69, 9.17) is 14.2 Å². The van der Waals surface area contributed by atoms with E-state index in [1.165, 1.54) is 19.4 Å². The number of rotatable bonds is 10. The second-order valence-electron chi connectivity index (χ2n) is 5.34. The quantitative estimate of drug-likeness (QED) is 0.289. The first-order valence-corrected chi connectivity index (χ1v) is 8.61. The van der Waals surface area contributed by atoms with Gasteiger partial charge in [-0.15, -0.1) is 0 Å². The zero-order chi connectivity index (χ0) is 20.1. The van der Waals surface area contributed by atoms with Crippen molar-refractivity contribution in [3.63, 3.8) is 0 Å². The number of hydrogen-bond acceptors (Lipinski definition) is 7. The van der Waals surface area contributed by atoms with Gasteiger partial charge in [0.05, 0.1) is 25.9 Å². The summed E-state index contributed by atoms with van der Waals surface area (Å²) in [7, 11) is 1.29. The molecule has 1 atom stereocenters. The Morgan fingerprint density at radius 1 is 1.04 bits per heavy atom. The molecule has 0 heterocycles. The summed E-state index contributed by atoms with van der Waals surface area (Å²) in [5.41, 5.74) is 1.00. The Hall–Kier alpha value is -3.09. The Bertz CT molecular complexity index is 681. The van der Waals surface area contributed by atoms with Crippen LogP contribution < -0.4 is 5.32 Å². The molecule has 0 saturated heterocycles. The Morgan fingerprint density at radius 3 is 2.30 bits per heavy atom. The highest BCUT2D eigenvalue weighted by Gasteiger charge is 2.19. The number of esters is 3. The van der Waals surface area contributed by atoms with Crippen LogP contribution >= 0.6 is 0 Å². The maximum Gasteiger partial charge on any atom is 0.339 e. The van der Waals surface area contributed by atoms with Gasteiger partial charge in [-0.25, -0.2) is 14.4 Å². The lowest BCUT2D eigenvalue weighted by molar-refractivity contribution is -0.143. The van der Waals surface area contributed by atoms with Gasteiger partial charge in [-0.2, -0.15) is 0 Å². The van der Waals surface area contributed by atoms with Gasteiger partial charge in [0.15, 0.2) is 0 Å². The van der Waals surface area contributed by atoms with E-state index in [0.29, 0.717) is 6.42 Å². The summed E-state index contributed by atoms with van der Waals surface area (Å²) >= 11 is 0. The second-order valence-corrected chi connectivity index (χ2v) is 5.34. The first kappa shape index (κ1) is 22.0. The molecule has 1 unspecified atom stereocenters. The normalized spacial score (nSPS) is 12.3. The molecule has 7 nitrogen and oxygen atoms in total. The molecule has 0 spiro atoms. The van der Waals surface area contributed by atoms with Gasteiger partial charge in [0.2, 0.25) is 0 Å². The van der Waals surface area contributed by atoms with Crippen LogP contribution in [-0.2, 0) is 35.0 Å². The highest BCUT2D eigenvalue weighted by Crippen LogP contribution is 2.06. The molecule has 0 radical (unpaired) electrons. The highest BCUT2D eigenvalue weighted by atomic mass is 16.5. The third kappa shape index (κ3) is 8.22. The molecule has 0 aliphatic rings. The van der Waals surface area contributed by atoms with Gasteiger partial charge in [-0.3, -0.25) is 0 Å². The van der Waals surface area contributed by atoms with Crippen LogP contribution in [0.2, 0.25) is 0 Å². The fourth-order valence-electron chi connectivity index (χ4n) is 2.13. The number of nitrogens with one attached hydrogen (secondary N) is 1. The fourth-order valence-corrected chi connectivity index (χ4v) is 2.13. The minimum atomic E-state index is -0.710. The molecule has 0 aliphatic heterocycles. The topological polar surface area (TPSA) is 90.9 Å². The van der Waals surface area contributed by atoms with E-state index >= 15 is 0 Å². The second kappa shape index (κ2) is 12.3. The van der Waals surface area contributed by atoms with Gasteiger partial charge < -0.3 is 19.5 Å². The van der Waals surface area contributed by atoms with Gasteiger partial charge in [0.25, 0.3) is 0 Å². The van der Waals surface area contributed by atoms with Crippen molar-refractivity contribution >= 4 is 17.9 Å². The van der Waals surface area contributed by atoms with Crippen LogP contribution in [0.4, 0.5) is 0 Å². The largest absolute Gasteiger partial charge is 0.467 e. The molecule has 0 bridgehead atoms. The van der Waals surface area contributed by atoms with E-state index in [1.807, 2.05) is 30.3 Å². The lowest BCUT2D eigenvalue weighted by Crippen LogP contribution is -2.36. The summed E-state index contributed by atoms with van der Waals surface area (Å²) in [4.78, 5) is 35.6. The van der Waals surface area contributed by atoms with Gasteiger partial charge in [-0.1, -0.05) is 30.3 Å². The molecule has 146 valence electrons. The van der Waals surface area contributed by atoms with Crippen molar-refractivity contribution in [2.45, 2.75) is 26.3 Å². The molecule has 1 aromatic carbocycles. The third-order valence-corrected chi connectivity index (χ3v) is 3.41. The number of benzene rings is 1. The van der Waals surface area contributed by atoms with Crippen LogP contribution in [0, 0.1) is 0 Å². The van der Waals surface area contributed by atoms with E-state index in [-0.39, 0.29) is 18.8 Å². The summed E-state index contributed by atoms with van der Waals surface area (Å²) in [6.45, 7) is 3.75. The first-order valence-electron chi connectivity index (χ1n) is 8.61. The molecule has 27 heavy (non-hydrogen) atoms. The van der Waals surface area contributed by atoms with E-state index in [9.17, 15) is 14.4 Å². The highest BCUT2D eigenvalue weighted by molar-refractivity contribution is 5.94. The molecular formula is C20H25NO6. The van der Waals surface area contributed by atoms with Crippen LogP contribution in [0.15, 0.2) is 54.3 Å². The standard InChI is InChI=1S/C20H25NO6/c1-4-26-18(22)12-11-16(19(23)27-5-2)14-21-17(20(24)25-3)13-15-9-7-6-8-10-15/h6-12,14,17,21H,4-5,13H2,1-3H3/b12-11+,16-14-. The van der Waals surface area contributed by atoms with Gasteiger partial charge in [0, 0.05) is 18.7 Å². The summed E-state index contributed by atoms with van der Waals surface area (Å²) in [5, 5.41) is 2.87. The van der Waals surface area contributed by atoms with Crippen molar-refractivity contribution in [1.82, 2.24) is 5.32 Å². The summed E-state index contributed by atoms with van der Waals surface area (Å²) in [5.74, 6) is -1.69. The number of hydrogen-bond donors (Lipinski definition) is 1. The zero-order valence-electron chi connectivity index (χ0n) is 15.8. The average molecular weight is 375 g/mol. The Morgan fingerprint density at radius 2 is 1.70 bits per heavy atom. The van der Waals surface area contributed by atoms with Crippen LogP contribution in [0.1, 0.15) is 19.4 Å². The molecule has 0 fully saturated rings. The van der Waals surface area contributed by atoms with Crippen molar-refractivity contribution in [1.29, 1.82) is 0 Å². The van der Waals surface area contributed by atoms with Crippen molar-refractivity contribution in [3.8, 4) is 0 Å². The SMILES string of the molecule is CCOC(=O)/C=C/C(=C/NC(Cc1ccccc1)C(=O)OC)C(=O)OCC. The van der Waals surface area contributed by atoms with Crippen molar-refractivity contribution in [3.05, 3.63) is 59.8 Å². The lowest BCUT2D eigenvalue weighted by atomic mass is 10.1. The molecular weight excluding hydrogens is 350 g/mol. The molecule has 1 N–H and O–H groups in total. The maximum atomic E-state index is 12.1. The Labute approximate surface area is 159 Å². The molecule has 0 amide bonds. The summed E-state index contributed by atoms with van der Waals surface area (Å²) in [6, 6.07) is 8.67. The van der Waals surface area contributed by atoms with Crippen LogP contribution in [0.5, 0.6) is 0 Å².